The van der Waals surface area contributed by atoms with E-state index in [-0.39, 0.29) is 0 Å². The highest BCUT2D eigenvalue weighted by molar-refractivity contribution is 7.79. The Morgan fingerprint density at radius 3 is 1.57 bits per heavy atom. The van der Waals surface area contributed by atoms with Gasteiger partial charge in [-0.1, -0.05) is 176 Å². The molecular weight excluding hydrogens is 785 g/mol. The van der Waals surface area contributed by atoms with Gasteiger partial charge in [0.15, 0.2) is 0 Å². The topological polar surface area (TPSA) is 44.4 Å². The zero-order valence-corrected chi connectivity index (χ0v) is 35.1. The van der Waals surface area contributed by atoms with E-state index in [9.17, 15) is 5.41 Å². The number of anilines is 2. The molecule has 0 spiro atoms. The third-order valence-electron chi connectivity index (χ3n) is 12.1. The van der Waals surface area contributed by atoms with Gasteiger partial charge in [-0.3, -0.25) is 5.41 Å². The molecule has 5 heteroatoms. The van der Waals surface area contributed by atoms with E-state index in [4.69, 9.17) is 0 Å². The summed E-state index contributed by atoms with van der Waals surface area (Å²) in [5, 5.41) is 14.5. The van der Waals surface area contributed by atoms with Gasteiger partial charge in [0, 0.05) is 38.8 Å². The first kappa shape index (κ1) is 38.0. The van der Waals surface area contributed by atoms with Crippen molar-refractivity contribution >= 4 is 73.8 Å². The van der Waals surface area contributed by atoms with Gasteiger partial charge in [-0.25, -0.2) is 4.40 Å². The Balaban J connectivity index is 1.07. The lowest BCUT2D eigenvalue weighted by Crippen LogP contribution is -2.30. The number of benzene rings is 9. The smallest absolute Gasteiger partial charge is 0.121 e. The molecule has 1 N–H and O–H groups in total. The van der Waals surface area contributed by atoms with Crippen molar-refractivity contribution in [3.05, 3.63) is 242 Å². The van der Waals surface area contributed by atoms with Gasteiger partial charge < -0.3 is 9.47 Å². The maximum atomic E-state index is 9.82. The monoisotopic (exact) mass is 824 g/mol. The molecule has 0 fully saturated rings. The molecule has 10 aromatic rings. The van der Waals surface area contributed by atoms with Gasteiger partial charge in [-0.15, -0.1) is 0 Å². The number of allylic oxidation sites excluding steroid dienone is 4. The highest BCUT2D eigenvalue weighted by Gasteiger charge is 2.28. The summed E-state index contributed by atoms with van der Waals surface area (Å²) in [5.41, 5.74) is 15.4. The van der Waals surface area contributed by atoms with Gasteiger partial charge in [-0.05, 0) is 112 Å². The van der Waals surface area contributed by atoms with Crippen LogP contribution in [0, 0.1) is 5.41 Å². The summed E-state index contributed by atoms with van der Waals surface area (Å²) in [5.74, 6) is 0. The van der Waals surface area contributed by atoms with Crippen molar-refractivity contribution in [2.75, 3.05) is 4.90 Å². The lowest BCUT2D eigenvalue weighted by Gasteiger charge is -2.31. The zero-order chi connectivity index (χ0) is 42.3. The summed E-state index contributed by atoms with van der Waals surface area (Å²) < 4.78 is 6.95. The Kier molecular flexibility index (Phi) is 9.72. The van der Waals surface area contributed by atoms with Gasteiger partial charge in [0.1, 0.15) is 5.71 Å². The number of aromatic nitrogens is 1. The predicted molar refractivity (Wildman–Crippen MR) is 270 cm³/mol. The minimum Gasteiger partial charge on any atom is -0.309 e. The van der Waals surface area contributed by atoms with Crippen molar-refractivity contribution in [3.8, 4) is 39.1 Å². The van der Waals surface area contributed by atoms with Crippen molar-refractivity contribution in [3.63, 3.8) is 0 Å². The first-order valence-corrected chi connectivity index (χ1v) is 21.5. The van der Waals surface area contributed by atoms with E-state index < -0.39 is 0 Å². The van der Waals surface area contributed by atoms with Gasteiger partial charge in [0.25, 0.3) is 0 Å². The van der Waals surface area contributed by atoms with Crippen LogP contribution in [-0.4, -0.2) is 16.0 Å². The minimum absolute atomic E-state index is 0.299. The van der Waals surface area contributed by atoms with Crippen molar-refractivity contribution in [1.82, 2.24) is 4.57 Å². The quantitative estimate of drug-likeness (QED) is 0.116. The van der Waals surface area contributed by atoms with E-state index in [1.165, 1.54) is 27.3 Å². The number of hydrogen-bond acceptors (Lipinski definition) is 4. The molecule has 4 nitrogen and oxygen atoms in total. The molecule has 0 amide bonds. The van der Waals surface area contributed by atoms with Crippen LogP contribution in [0.3, 0.4) is 0 Å². The SMILES string of the molecule is N=C1C(c2ccc3c4ccc5cccc(-c6ccccc6)c5c4n(-c4ccccc4)c3c2)=CC=C(N(c2ccc(-c3ccccc3)cc2)c2ccc(-c3ccccc3)cc2)/C1=N/S. The Labute approximate surface area is 372 Å². The Morgan fingerprint density at radius 1 is 0.460 bits per heavy atom. The minimum atomic E-state index is 0.299. The van der Waals surface area contributed by atoms with Crippen molar-refractivity contribution in [2.24, 2.45) is 4.40 Å². The van der Waals surface area contributed by atoms with Crippen LogP contribution in [0.4, 0.5) is 11.4 Å². The summed E-state index contributed by atoms with van der Waals surface area (Å²) in [6.45, 7) is 0. The average Bonchev–Trinajstić information content (AvgIpc) is 3.69. The predicted octanol–water partition coefficient (Wildman–Crippen LogP) is 15.4. The largest absolute Gasteiger partial charge is 0.309 e. The molecule has 0 unspecified atom stereocenters. The molecular formula is C58H40N4S. The normalized spacial score (nSPS) is 13.4. The molecule has 63 heavy (non-hydrogen) atoms. The lowest BCUT2D eigenvalue weighted by molar-refractivity contribution is 1.19. The molecule has 0 atom stereocenters. The summed E-state index contributed by atoms with van der Waals surface area (Å²) in [7, 11) is 0. The summed E-state index contributed by atoms with van der Waals surface area (Å²) >= 11 is 4.56. The summed E-state index contributed by atoms with van der Waals surface area (Å²) in [4.78, 5) is 2.17. The molecule has 0 radical (unpaired) electrons. The second kappa shape index (κ2) is 16.1. The van der Waals surface area contributed by atoms with E-state index in [0.29, 0.717) is 11.4 Å². The van der Waals surface area contributed by atoms with Gasteiger partial charge >= 0.3 is 0 Å². The number of nitrogens with zero attached hydrogens (tertiary/aromatic N) is 3. The van der Waals surface area contributed by atoms with Crippen LogP contribution < -0.4 is 4.90 Å². The van der Waals surface area contributed by atoms with Crippen molar-refractivity contribution < 1.29 is 0 Å². The van der Waals surface area contributed by atoms with Crippen LogP contribution in [0.25, 0.3) is 77.2 Å². The molecule has 0 bridgehead atoms. The Morgan fingerprint density at radius 2 is 0.984 bits per heavy atom. The van der Waals surface area contributed by atoms with E-state index in [1.807, 2.05) is 12.1 Å². The van der Waals surface area contributed by atoms with Crippen LogP contribution >= 0.6 is 12.8 Å². The van der Waals surface area contributed by atoms with Crippen LogP contribution in [0.1, 0.15) is 5.56 Å². The first-order chi connectivity index (χ1) is 31.1. The third kappa shape index (κ3) is 6.76. The second-order valence-electron chi connectivity index (χ2n) is 15.8. The molecule has 1 aliphatic carbocycles. The Hall–Kier alpha value is -7.99. The van der Waals surface area contributed by atoms with Crippen LogP contribution in [0.15, 0.2) is 241 Å². The lowest BCUT2D eigenvalue weighted by atomic mass is 9.90. The standard InChI is InChI=1S/C58H40N4S/c59-56-50(45-29-34-51-52-35-28-44-20-13-23-49(43-18-9-3-10-19-43)55(44)58(52)62(54(51)38-45)46-21-11-4-12-22-46)36-37-53(57(56)60-63)61(47-30-24-41(25-31-47)39-14-5-1-6-15-39)48-32-26-42(27-33-48)40-16-7-2-8-17-40/h1-38,59,63H/b59-56?,60-57-. The van der Waals surface area contributed by atoms with E-state index in [0.717, 1.165) is 72.6 Å². The number of para-hydroxylation sites is 1. The fraction of sp³-hybridized carbons (Fsp3) is 0. The number of nitrogens with one attached hydrogen (secondary N) is 1. The van der Waals surface area contributed by atoms with Crippen LogP contribution in [-0.2, 0) is 0 Å². The van der Waals surface area contributed by atoms with E-state index in [1.54, 1.807) is 0 Å². The number of hydrogen-bond donors (Lipinski definition) is 2. The molecule has 0 saturated heterocycles. The molecule has 1 aliphatic rings. The Bertz CT molecular complexity index is 3340. The summed E-state index contributed by atoms with van der Waals surface area (Å²) in [6, 6.07) is 76.8. The third-order valence-corrected chi connectivity index (χ3v) is 12.3. The highest BCUT2D eigenvalue weighted by Crippen LogP contribution is 2.42. The second-order valence-corrected chi connectivity index (χ2v) is 16.0. The van der Waals surface area contributed by atoms with Crippen LogP contribution in [0.2, 0.25) is 0 Å². The molecule has 0 saturated carbocycles. The average molecular weight is 825 g/mol. The number of rotatable bonds is 8. The van der Waals surface area contributed by atoms with Gasteiger partial charge in [-0.2, -0.15) is 0 Å². The maximum Gasteiger partial charge on any atom is 0.121 e. The molecule has 11 rings (SSSR count). The molecule has 9 aromatic carbocycles. The van der Waals surface area contributed by atoms with Crippen LogP contribution in [0.5, 0.6) is 0 Å². The van der Waals surface area contributed by atoms with Crippen molar-refractivity contribution in [1.29, 1.82) is 5.41 Å². The first-order valence-electron chi connectivity index (χ1n) is 21.1. The number of fused-ring (bicyclic) bond motifs is 5. The van der Waals surface area contributed by atoms with E-state index in [2.05, 4.69) is 245 Å². The van der Waals surface area contributed by atoms with Gasteiger partial charge in [0.2, 0.25) is 0 Å². The molecule has 0 aliphatic heterocycles. The van der Waals surface area contributed by atoms with Crippen molar-refractivity contribution in [2.45, 2.75) is 0 Å². The zero-order valence-electron chi connectivity index (χ0n) is 34.2. The fourth-order valence-electron chi connectivity index (χ4n) is 9.14. The molecule has 1 aromatic heterocycles. The molecule has 298 valence electrons. The summed E-state index contributed by atoms with van der Waals surface area (Å²) in [6.07, 6.45) is 4.14. The highest BCUT2D eigenvalue weighted by atomic mass is 32.1. The van der Waals surface area contributed by atoms with Gasteiger partial charge in [0.05, 0.1) is 22.4 Å². The van der Waals surface area contributed by atoms with E-state index >= 15 is 0 Å². The maximum absolute atomic E-state index is 9.82. The fourth-order valence-corrected chi connectivity index (χ4v) is 9.34. The number of thiol groups is 1. The molecule has 1 heterocycles.